The van der Waals surface area contributed by atoms with Crippen LogP contribution >= 0.6 is 0 Å². The van der Waals surface area contributed by atoms with Crippen molar-refractivity contribution in [2.75, 3.05) is 31.6 Å². The summed E-state index contributed by atoms with van der Waals surface area (Å²) in [5, 5.41) is 8.99. The maximum atomic E-state index is 14.2. The number of anilines is 1. The van der Waals surface area contributed by atoms with E-state index in [9.17, 15) is 22.8 Å². The number of hydrogen-bond donors (Lipinski definition) is 1. The summed E-state index contributed by atoms with van der Waals surface area (Å²) in [6.45, 7) is 1.45. The number of aromatic nitrogens is 2. The number of fused-ring (bicyclic) bond motifs is 1. The molecule has 1 amide bonds. The zero-order valence-electron chi connectivity index (χ0n) is 23.2. The van der Waals surface area contributed by atoms with Gasteiger partial charge in [0, 0.05) is 50.4 Å². The molecule has 42 heavy (non-hydrogen) atoms. The monoisotopic (exact) mass is 583 g/mol. The van der Waals surface area contributed by atoms with E-state index in [2.05, 4.69) is 14.6 Å². The summed E-state index contributed by atoms with van der Waals surface area (Å²) in [5.74, 6) is 1.36. The first-order valence-corrected chi connectivity index (χ1v) is 14.2. The molecular weight excluding hydrogens is 551 g/mol. The van der Waals surface area contributed by atoms with Crippen LogP contribution in [-0.4, -0.2) is 75.8 Å². The molecule has 1 aromatic heterocycles. The Morgan fingerprint density at radius 3 is 2.55 bits per heavy atom. The van der Waals surface area contributed by atoms with Gasteiger partial charge in [-0.2, -0.15) is 13.2 Å². The van der Waals surface area contributed by atoms with Crippen LogP contribution in [0.15, 0.2) is 54.1 Å². The molecule has 1 saturated carbocycles. The predicted molar refractivity (Wildman–Crippen MR) is 147 cm³/mol. The van der Waals surface area contributed by atoms with Crippen LogP contribution in [0.5, 0.6) is 0 Å². The second kappa shape index (κ2) is 11.0. The van der Waals surface area contributed by atoms with Crippen LogP contribution in [0, 0.1) is 0 Å². The Morgan fingerprint density at radius 1 is 1.10 bits per heavy atom. The lowest BCUT2D eigenvalue weighted by Gasteiger charge is -2.37. The summed E-state index contributed by atoms with van der Waals surface area (Å²) >= 11 is 0. The normalized spacial score (nSPS) is 21.0. The van der Waals surface area contributed by atoms with Gasteiger partial charge in [-0.15, -0.1) is 0 Å². The van der Waals surface area contributed by atoms with Gasteiger partial charge < -0.3 is 24.5 Å². The number of nitrogens with zero attached hydrogens (tertiary/aromatic N) is 5. The van der Waals surface area contributed by atoms with E-state index in [0.29, 0.717) is 29.9 Å². The molecule has 222 valence electrons. The van der Waals surface area contributed by atoms with Gasteiger partial charge >= 0.3 is 12.3 Å². The number of hydrogen-bond acceptors (Lipinski definition) is 7. The zero-order chi connectivity index (χ0) is 29.6. The second-order valence-corrected chi connectivity index (χ2v) is 11.3. The minimum atomic E-state index is -4.83. The topological polar surface area (TPSA) is 99.1 Å². The average molecular weight is 584 g/mol. The second-order valence-electron chi connectivity index (χ2n) is 11.3. The summed E-state index contributed by atoms with van der Waals surface area (Å²) in [5.41, 5.74) is 0.812. The van der Waals surface area contributed by atoms with Gasteiger partial charge in [-0.05, 0) is 73.9 Å². The molecule has 1 saturated heterocycles. The number of alkyl halides is 3. The molecular formula is C30H32F3N5O4. The van der Waals surface area contributed by atoms with Gasteiger partial charge in [0.2, 0.25) is 0 Å². The minimum Gasteiger partial charge on any atom is -0.449 e. The number of rotatable bonds is 6. The maximum Gasteiger partial charge on any atom is 0.511 e. The fourth-order valence-corrected chi connectivity index (χ4v) is 6.31. The molecule has 1 N–H and O–H groups in total. The van der Waals surface area contributed by atoms with Gasteiger partial charge in [0.15, 0.2) is 11.5 Å². The Labute approximate surface area is 241 Å². The lowest BCUT2D eigenvalue weighted by molar-refractivity contribution is -0.118. The summed E-state index contributed by atoms with van der Waals surface area (Å²) < 4.78 is 47.0. The first-order chi connectivity index (χ1) is 20.1. The first kappa shape index (κ1) is 28.0. The van der Waals surface area contributed by atoms with E-state index in [-0.39, 0.29) is 18.5 Å². The average Bonchev–Trinajstić information content (AvgIpc) is 3.74. The summed E-state index contributed by atoms with van der Waals surface area (Å²) in [7, 11) is 1.78. The highest BCUT2D eigenvalue weighted by Gasteiger charge is 2.46. The van der Waals surface area contributed by atoms with Gasteiger partial charge in [0.05, 0.1) is 6.04 Å². The van der Waals surface area contributed by atoms with Crippen molar-refractivity contribution >= 4 is 17.9 Å². The lowest BCUT2D eigenvalue weighted by Crippen LogP contribution is -2.46. The fourth-order valence-electron chi connectivity index (χ4n) is 6.31. The minimum absolute atomic E-state index is 0.0188. The summed E-state index contributed by atoms with van der Waals surface area (Å²) in [6.07, 6.45) is 2.43. The van der Waals surface area contributed by atoms with Gasteiger partial charge in [-0.3, -0.25) is 4.79 Å². The number of halogens is 3. The highest BCUT2D eigenvalue weighted by molar-refractivity contribution is 5.94. The molecule has 4 aliphatic rings. The summed E-state index contributed by atoms with van der Waals surface area (Å²) in [6, 6.07) is 6.53. The summed E-state index contributed by atoms with van der Waals surface area (Å²) in [4.78, 5) is 38.9. The zero-order valence-corrected chi connectivity index (χ0v) is 23.2. The number of piperidine rings is 1. The van der Waals surface area contributed by atoms with Crippen LogP contribution in [0.25, 0.3) is 0 Å². The lowest BCUT2D eigenvalue weighted by atomic mass is 9.99. The van der Waals surface area contributed by atoms with Crippen molar-refractivity contribution in [2.24, 2.45) is 0 Å². The number of carbonyl (C=O) groups is 2. The van der Waals surface area contributed by atoms with Crippen LogP contribution < -0.4 is 4.90 Å². The highest BCUT2D eigenvalue weighted by Crippen LogP contribution is 2.44. The van der Waals surface area contributed by atoms with Crippen molar-refractivity contribution in [2.45, 2.75) is 62.7 Å². The van der Waals surface area contributed by atoms with Gasteiger partial charge in [0.25, 0.3) is 5.91 Å². The van der Waals surface area contributed by atoms with Crippen molar-refractivity contribution < 1.29 is 32.6 Å². The Balaban J connectivity index is 1.17. The number of aryl methyl sites for hydroxylation is 1. The van der Waals surface area contributed by atoms with E-state index in [1.807, 2.05) is 18.3 Å². The maximum absolute atomic E-state index is 14.2. The molecule has 2 aliphatic carbocycles. The molecule has 0 spiro atoms. The smallest absolute Gasteiger partial charge is 0.449 e. The highest BCUT2D eigenvalue weighted by atomic mass is 19.4. The van der Waals surface area contributed by atoms with Crippen molar-refractivity contribution in [3.63, 3.8) is 0 Å². The Kier molecular flexibility index (Phi) is 7.32. The van der Waals surface area contributed by atoms with Crippen LogP contribution in [0.2, 0.25) is 0 Å². The van der Waals surface area contributed by atoms with Crippen LogP contribution in [0.1, 0.15) is 71.4 Å². The number of carbonyl (C=O) groups excluding carboxylic acids is 1. The van der Waals surface area contributed by atoms with E-state index < -0.39 is 29.8 Å². The molecule has 2 aliphatic heterocycles. The van der Waals surface area contributed by atoms with Crippen LogP contribution in [0.4, 0.5) is 23.8 Å². The molecule has 0 radical (unpaired) electrons. The molecule has 1 aromatic carbocycles. The molecule has 12 heteroatoms. The molecule has 2 aromatic rings. The SMILES string of the molecule is CN(C(=O)c1ccc2c(c1)C(N1CC=CC(OC(=O)O)=C1C(F)(F)F)CC2)C1CCN(c2ccnc(C3CC3)n2)CC1. The molecule has 2 fully saturated rings. The Bertz CT molecular complexity index is 1450. The first-order valence-electron chi connectivity index (χ1n) is 14.2. The van der Waals surface area contributed by atoms with Crippen molar-refractivity contribution in [1.29, 1.82) is 0 Å². The number of ether oxygens (including phenoxy) is 1. The van der Waals surface area contributed by atoms with Crippen molar-refractivity contribution in [3.05, 3.63) is 76.6 Å². The predicted octanol–water partition coefficient (Wildman–Crippen LogP) is 5.42. The standard InChI is InChI=1S/C30H32F3N5O4/c1-36(21-11-15-37(16-12-21)25-10-13-34-27(35-25)19-5-6-19)28(39)20-7-4-18-8-9-23(22(18)17-20)38-14-2-3-24(42-29(40)41)26(38)30(31,32)33/h2-4,7,10,13,17,19,21,23H,5-6,8-9,11-12,14-16H2,1H3,(H,40,41). The third-order valence-corrected chi connectivity index (χ3v) is 8.63. The van der Waals surface area contributed by atoms with E-state index in [1.54, 1.807) is 24.1 Å². The third-order valence-electron chi connectivity index (χ3n) is 8.63. The number of amides is 1. The van der Waals surface area contributed by atoms with Crippen molar-refractivity contribution in [1.82, 2.24) is 19.8 Å². The number of benzene rings is 1. The largest absolute Gasteiger partial charge is 0.511 e. The molecule has 3 heterocycles. The van der Waals surface area contributed by atoms with E-state index in [1.165, 1.54) is 6.08 Å². The van der Waals surface area contributed by atoms with Gasteiger partial charge in [-0.25, -0.2) is 14.8 Å². The van der Waals surface area contributed by atoms with E-state index in [0.717, 1.165) is 67.0 Å². The molecule has 9 nitrogen and oxygen atoms in total. The third kappa shape index (κ3) is 5.54. The van der Waals surface area contributed by atoms with Crippen LogP contribution in [0.3, 0.4) is 0 Å². The molecule has 0 bridgehead atoms. The van der Waals surface area contributed by atoms with E-state index in [4.69, 9.17) is 10.1 Å². The van der Waals surface area contributed by atoms with E-state index >= 15 is 0 Å². The Morgan fingerprint density at radius 2 is 1.86 bits per heavy atom. The van der Waals surface area contributed by atoms with Crippen molar-refractivity contribution in [3.8, 4) is 0 Å². The molecule has 1 unspecified atom stereocenters. The quantitative estimate of drug-likeness (QED) is 0.450. The van der Waals surface area contributed by atoms with Crippen LogP contribution in [-0.2, 0) is 11.2 Å². The molecule has 6 rings (SSSR count). The van der Waals surface area contributed by atoms with Gasteiger partial charge in [-0.1, -0.05) is 12.1 Å². The number of carboxylic acid groups (broad SMARTS) is 1. The number of allylic oxidation sites excluding steroid dienone is 2. The fraction of sp³-hybridized carbons (Fsp3) is 0.467. The Hall–Kier alpha value is -4.09. The molecule has 1 atom stereocenters. The van der Waals surface area contributed by atoms with Gasteiger partial charge in [0.1, 0.15) is 11.6 Å².